The van der Waals surface area contributed by atoms with Gasteiger partial charge in [0.1, 0.15) is 6.61 Å². The normalized spacial score (nSPS) is 14.1. The van der Waals surface area contributed by atoms with Gasteiger partial charge in [-0.25, -0.2) is 0 Å². The van der Waals surface area contributed by atoms with Crippen LogP contribution in [0.3, 0.4) is 0 Å². The van der Waals surface area contributed by atoms with Crippen molar-refractivity contribution in [2.75, 3.05) is 20.8 Å². The summed E-state index contributed by atoms with van der Waals surface area (Å²) in [5.41, 5.74) is 0. The minimum absolute atomic E-state index is 0.366. The smallest absolute Gasteiger partial charge is 0.161 e. The maximum absolute atomic E-state index is 5.82. The molecule has 0 aliphatic carbocycles. The monoisotopic (exact) mass is 237 g/mol. The summed E-state index contributed by atoms with van der Waals surface area (Å²) in [6, 6.07) is 8.10. The zero-order valence-corrected chi connectivity index (χ0v) is 11.2. The van der Waals surface area contributed by atoms with Gasteiger partial charge in [0.05, 0.1) is 7.11 Å². The minimum atomic E-state index is 0.366. The van der Waals surface area contributed by atoms with E-state index in [-0.39, 0.29) is 0 Å². The number of benzene rings is 1. The van der Waals surface area contributed by atoms with Gasteiger partial charge in [0.25, 0.3) is 0 Å². The molecule has 1 aromatic rings. The molecule has 0 aromatic heterocycles. The van der Waals surface area contributed by atoms with Gasteiger partial charge in [-0.05, 0) is 25.1 Å². The van der Waals surface area contributed by atoms with Crippen molar-refractivity contribution in [3.8, 4) is 11.5 Å². The molecule has 0 heterocycles. The number of likely N-dealkylation sites (N-methyl/N-ethyl adjacent to an activating group) is 1. The van der Waals surface area contributed by atoms with Gasteiger partial charge in [0.2, 0.25) is 0 Å². The third-order valence-corrected chi connectivity index (χ3v) is 3.19. The molecule has 0 aliphatic heterocycles. The Bertz CT molecular complexity index is 328. The second-order valence-electron chi connectivity index (χ2n) is 4.24. The van der Waals surface area contributed by atoms with Crippen molar-refractivity contribution in [3.63, 3.8) is 0 Å². The lowest BCUT2D eigenvalue weighted by molar-refractivity contribution is 0.220. The average molecular weight is 237 g/mol. The largest absolute Gasteiger partial charge is 0.493 e. The summed E-state index contributed by atoms with van der Waals surface area (Å²) in [4.78, 5) is 0. The molecule has 1 aromatic carbocycles. The summed E-state index contributed by atoms with van der Waals surface area (Å²) in [6.45, 7) is 5.08. The third-order valence-electron chi connectivity index (χ3n) is 3.19. The van der Waals surface area contributed by atoms with Crippen molar-refractivity contribution in [2.24, 2.45) is 5.92 Å². The first kappa shape index (κ1) is 13.8. The Hall–Kier alpha value is -1.22. The van der Waals surface area contributed by atoms with Crippen molar-refractivity contribution in [2.45, 2.75) is 26.3 Å². The molecule has 3 heteroatoms. The summed E-state index contributed by atoms with van der Waals surface area (Å²) in [5, 5.41) is 3.29. The second-order valence-corrected chi connectivity index (χ2v) is 4.24. The lowest BCUT2D eigenvalue weighted by Crippen LogP contribution is -2.37. The van der Waals surface area contributed by atoms with Crippen LogP contribution in [0.1, 0.15) is 20.3 Å². The molecule has 96 valence electrons. The number of methoxy groups -OCH3 is 1. The number of ether oxygens (including phenoxy) is 2. The molecule has 17 heavy (non-hydrogen) atoms. The van der Waals surface area contributed by atoms with Gasteiger partial charge in [0.15, 0.2) is 11.5 Å². The van der Waals surface area contributed by atoms with Crippen LogP contribution in [0.2, 0.25) is 0 Å². The lowest BCUT2D eigenvalue weighted by atomic mass is 10.0. The van der Waals surface area contributed by atoms with Crippen LogP contribution in [0.25, 0.3) is 0 Å². The topological polar surface area (TPSA) is 30.5 Å². The summed E-state index contributed by atoms with van der Waals surface area (Å²) in [6.07, 6.45) is 1.14. The highest BCUT2D eigenvalue weighted by Crippen LogP contribution is 2.26. The summed E-state index contributed by atoms with van der Waals surface area (Å²) in [7, 11) is 3.63. The van der Waals surface area contributed by atoms with Crippen molar-refractivity contribution in [3.05, 3.63) is 24.3 Å². The van der Waals surface area contributed by atoms with Crippen molar-refractivity contribution in [1.82, 2.24) is 5.32 Å². The molecule has 0 saturated heterocycles. The van der Waals surface area contributed by atoms with E-state index in [2.05, 4.69) is 19.2 Å². The van der Waals surface area contributed by atoms with Crippen molar-refractivity contribution in [1.29, 1.82) is 0 Å². The average Bonchev–Trinajstić information content (AvgIpc) is 2.39. The van der Waals surface area contributed by atoms with Gasteiger partial charge in [-0.15, -0.1) is 0 Å². The van der Waals surface area contributed by atoms with Crippen LogP contribution in [-0.4, -0.2) is 26.8 Å². The summed E-state index contributed by atoms with van der Waals surface area (Å²) < 4.78 is 11.1. The van der Waals surface area contributed by atoms with Gasteiger partial charge < -0.3 is 14.8 Å². The molecular formula is C14H23NO2. The van der Waals surface area contributed by atoms with E-state index >= 15 is 0 Å². The highest BCUT2D eigenvalue weighted by atomic mass is 16.5. The van der Waals surface area contributed by atoms with Crippen LogP contribution in [-0.2, 0) is 0 Å². The third kappa shape index (κ3) is 3.93. The molecule has 0 saturated carbocycles. The van der Waals surface area contributed by atoms with Gasteiger partial charge in [-0.2, -0.15) is 0 Å². The molecule has 2 unspecified atom stereocenters. The minimum Gasteiger partial charge on any atom is -0.493 e. The lowest BCUT2D eigenvalue weighted by Gasteiger charge is -2.23. The molecule has 0 aliphatic rings. The van der Waals surface area contributed by atoms with Crippen LogP contribution in [0.4, 0.5) is 0 Å². The van der Waals surface area contributed by atoms with E-state index in [1.807, 2.05) is 31.3 Å². The Morgan fingerprint density at radius 1 is 1.24 bits per heavy atom. The molecule has 1 N–H and O–H groups in total. The molecule has 0 spiro atoms. The zero-order valence-electron chi connectivity index (χ0n) is 11.2. The molecule has 3 nitrogen and oxygen atoms in total. The van der Waals surface area contributed by atoms with E-state index < -0.39 is 0 Å². The predicted octanol–water partition coefficient (Wildman–Crippen LogP) is 2.71. The summed E-state index contributed by atoms with van der Waals surface area (Å²) in [5.74, 6) is 2.18. The Kier molecular flexibility index (Phi) is 5.84. The van der Waals surface area contributed by atoms with Gasteiger partial charge in [-0.3, -0.25) is 0 Å². The first-order valence-electron chi connectivity index (χ1n) is 6.16. The van der Waals surface area contributed by atoms with Crippen molar-refractivity contribution >= 4 is 0 Å². The molecule has 0 radical (unpaired) electrons. The number of para-hydroxylation sites is 2. The first-order chi connectivity index (χ1) is 8.22. The van der Waals surface area contributed by atoms with Crippen LogP contribution in [0.15, 0.2) is 24.3 Å². The molecular weight excluding hydrogens is 214 g/mol. The molecule has 1 rings (SSSR count). The molecule has 0 amide bonds. The molecule has 0 fully saturated rings. The van der Waals surface area contributed by atoms with E-state index in [1.165, 1.54) is 0 Å². The van der Waals surface area contributed by atoms with Crippen LogP contribution < -0.4 is 14.8 Å². The fraction of sp³-hybridized carbons (Fsp3) is 0.571. The van der Waals surface area contributed by atoms with E-state index in [1.54, 1.807) is 7.11 Å². The number of hydrogen-bond acceptors (Lipinski definition) is 3. The van der Waals surface area contributed by atoms with Gasteiger partial charge in [0, 0.05) is 6.04 Å². The van der Waals surface area contributed by atoms with Crippen molar-refractivity contribution < 1.29 is 9.47 Å². The predicted molar refractivity (Wildman–Crippen MR) is 70.8 cm³/mol. The number of rotatable bonds is 7. The Morgan fingerprint density at radius 2 is 1.88 bits per heavy atom. The highest BCUT2D eigenvalue weighted by Gasteiger charge is 2.15. The first-order valence-corrected chi connectivity index (χ1v) is 6.16. The SMILES string of the molecule is CCC(C)C(COc1ccccc1OC)NC. The van der Waals surface area contributed by atoms with Gasteiger partial charge in [-0.1, -0.05) is 32.4 Å². The van der Waals surface area contributed by atoms with E-state index in [0.717, 1.165) is 17.9 Å². The Morgan fingerprint density at radius 3 is 2.41 bits per heavy atom. The fourth-order valence-corrected chi connectivity index (χ4v) is 1.73. The number of nitrogens with one attached hydrogen (secondary N) is 1. The Balaban J connectivity index is 2.59. The Labute approximate surface area is 104 Å². The molecule has 2 atom stereocenters. The van der Waals surface area contributed by atoms with E-state index in [9.17, 15) is 0 Å². The number of hydrogen-bond donors (Lipinski definition) is 1. The zero-order chi connectivity index (χ0) is 12.7. The highest BCUT2D eigenvalue weighted by molar-refractivity contribution is 5.39. The van der Waals surface area contributed by atoms with Crippen LogP contribution >= 0.6 is 0 Å². The summed E-state index contributed by atoms with van der Waals surface area (Å²) >= 11 is 0. The van der Waals surface area contributed by atoms with Gasteiger partial charge >= 0.3 is 0 Å². The maximum Gasteiger partial charge on any atom is 0.161 e. The second kappa shape index (κ2) is 7.17. The maximum atomic E-state index is 5.82. The quantitative estimate of drug-likeness (QED) is 0.791. The molecule has 0 bridgehead atoms. The standard InChI is InChI=1S/C14H23NO2/c1-5-11(2)12(15-3)10-17-14-9-7-6-8-13(14)16-4/h6-9,11-12,15H,5,10H2,1-4H3. The van der Waals surface area contributed by atoms with E-state index in [0.29, 0.717) is 18.6 Å². The van der Waals surface area contributed by atoms with Crippen LogP contribution in [0, 0.1) is 5.92 Å². The van der Waals surface area contributed by atoms with E-state index in [4.69, 9.17) is 9.47 Å². The fourth-order valence-electron chi connectivity index (χ4n) is 1.73. The van der Waals surface area contributed by atoms with Crippen LogP contribution in [0.5, 0.6) is 11.5 Å².